The summed E-state index contributed by atoms with van der Waals surface area (Å²) < 4.78 is 0. The van der Waals surface area contributed by atoms with Crippen LogP contribution in [0.2, 0.25) is 0 Å². The van der Waals surface area contributed by atoms with Gasteiger partial charge in [0.1, 0.15) is 0 Å². The van der Waals surface area contributed by atoms with Gasteiger partial charge in [-0.3, -0.25) is 4.79 Å². The summed E-state index contributed by atoms with van der Waals surface area (Å²) in [5.41, 5.74) is 0. The Bertz CT molecular complexity index is 222. The largest absolute Gasteiger partial charge is 0.345 e. The summed E-state index contributed by atoms with van der Waals surface area (Å²) in [7, 11) is 1.92. The number of rotatable bonds is 6. The van der Waals surface area contributed by atoms with Gasteiger partial charge in [-0.1, -0.05) is 46.0 Å². The van der Waals surface area contributed by atoms with Crippen LogP contribution in [0.5, 0.6) is 0 Å². The second-order valence-corrected chi connectivity index (χ2v) is 5.64. The quantitative estimate of drug-likeness (QED) is 0.773. The van der Waals surface area contributed by atoms with Gasteiger partial charge in [0.15, 0.2) is 0 Å². The zero-order valence-electron chi connectivity index (χ0n) is 11.7. The molecule has 1 aliphatic carbocycles. The Hall–Kier alpha value is -0.570. The second kappa shape index (κ2) is 7.70. The van der Waals surface area contributed by atoms with Crippen LogP contribution in [0.15, 0.2) is 0 Å². The van der Waals surface area contributed by atoms with Gasteiger partial charge in [0, 0.05) is 19.6 Å². The predicted molar refractivity (Wildman–Crippen MR) is 72.0 cm³/mol. The Morgan fingerprint density at radius 3 is 2.53 bits per heavy atom. The normalized spacial score (nSPS) is 17.4. The SMILES string of the molecule is CC(C)NCC(=O)N(C)CCC1CCCCC1. The molecule has 1 saturated carbocycles. The molecule has 1 N–H and O–H groups in total. The first-order valence-electron chi connectivity index (χ1n) is 7.07. The monoisotopic (exact) mass is 240 g/mol. The molecule has 100 valence electrons. The predicted octanol–water partition coefficient (Wildman–Crippen LogP) is 2.41. The van der Waals surface area contributed by atoms with Crippen molar-refractivity contribution in [2.45, 2.75) is 58.4 Å². The van der Waals surface area contributed by atoms with Gasteiger partial charge in [0.25, 0.3) is 0 Å². The van der Waals surface area contributed by atoms with Crippen LogP contribution in [-0.2, 0) is 4.79 Å². The van der Waals surface area contributed by atoms with Crippen molar-refractivity contribution in [2.75, 3.05) is 20.1 Å². The molecule has 0 spiro atoms. The van der Waals surface area contributed by atoms with E-state index in [0.29, 0.717) is 12.6 Å². The molecule has 0 aromatic carbocycles. The molecule has 3 heteroatoms. The number of carbonyl (C=O) groups excluding carboxylic acids is 1. The van der Waals surface area contributed by atoms with Gasteiger partial charge in [-0.2, -0.15) is 0 Å². The highest BCUT2D eigenvalue weighted by molar-refractivity contribution is 5.77. The van der Waals surface area contributed by atoms with Crippen molar-refractivity contribution in [3.63, 3.8) is 0 Å². The third-order valence-corrected chi connectivity index (χ3v) is 3.68. The molecular weight excluding hydrogens is 212 g/mol. The second-order valence-electron chi connectivity index (χ2n) is 5.64. The molecular formula is C14H28N2O. The van der Waals surface area contributed by atoms with Crippen molar-refractivity contribution in [3.8, 4) is 0 Å². The Labute approximate surface area is 106 Å². The molecule has 0 radical (unpaired) electrons. The third kappa shape index (κ3) is 6.06. The summed E-state index contributed by atoms with van der Waals surface area (Å²) in [4.78, 5) is 13.7. The van der Waals surface area contributed by atoms with Crippen LogP contribution in [0.3, 0.4) is 0 Å². The molecule has 1 fully saturated rings. The lowest BCUT2D eigenvalue weighted by molar-refractivity contribution is -0.129. The van der Waals surface area contributed by atoms with Gasteiger partial charge >= 0.3 is 0 Å². The Balaban J connectivity index is 2.14. The van der Waals surface area contributed by atoms with Crippen molar-refractivity contribution in [3.05, 3.63) is 0 Å². The molecule has 1 aliphatic rings. The Morgan fingerprint density at radius 1 is 1.29 bits per heavy atom. The molecule has 0 aromatic rings. The number of nitrogens with one attached hydrogen (secondary N) is 1. The van der Waals surface area contributed by atoms with Crippen LogP contribution >= 0.6 is 0 Å². The molecule has 0 saturated heterocycles. The maximum Gasteiger partial charge on any atom is 0.236 e. The van der Waals surface area contributed by atoms with Gasteiger partial charge in [0.2, 0.25) is 5.91 Å². The lowest BCUT2D eigenvalue weighted by Crippen LogP contribution is -2.39. The van der Waals surface area contributed by atoms with Crippen molar-refractivity contribution < 1.29 is 4.79 Å². The van der Waals surface area contributed by atoms with E-state index in [9.17, 15) is 4.79 Å². The molecule has 17 heavy (non-hydrogen) atoms. The summed E-state index contributed by atoms with van der Waals surface area (Å²) >= 11 is 0. The first kappa shape index (κ1) is 14.5. The van der Waals surface area contributed by atoms with E-state index in [4.69, 9.17) is 0 Å². The lowest BCUT2D eigenvalue weighted by atomic mass is 9.87. The fourth-order valence-corrected chi connectivity index (χ4v) is 2.40. The van der Waals surface area contributed by atoms with Crippen LogP contribution in [0.4, 0.5) is 0 Å². The van der Waals surface area contributed by atoms with Gasteiger partial charge < -0.3 is 10.2 Å². The summed E-state index contributed by atoms with van der Waals surface area (Å²) in [6.07, 6.45) is 8.10. The number of likely N-dealkylation sites (N-methyl/N-ethyl adjacent to an activating group) is 1. The molecule has 0 atom stereocenters. The smallest absolute Gasteiger partial charge is 0.236 e. The summed E-state index contributed by atoms with van der Waals surface area (Å²) in [6, 6.07) is 0.380. The fourth-order valence-electron chi connectivity index (χ4n) is 2.40. The van der Waals surface area contributed by atoms with E-state index in [-0.39, 0.29) is 5.91 Å². The maximum atomic E-state index is 11.8. The lowest BCUT2D eigenvalue weighted by Gasteiger charge is -2.25. The Morgan fingerprint density at radius 2 is 1.94 bits per heavy atom. The van der Waals surface area contributed by atoms with Gasteiger partial charge in [0.05, 0.1) is 6.54 Å². The van der Waals surface area contributed by atoms with Gasteiger partial charge in [-0.15, -0.1) is 0 Å². The number of hydrogen-bond donors (Lipinski definition) is 1. The molecule has 0 aromatic heterocycles. The highest BCUT2D eigenvalue weighted by Gasteiger charge is 2.15. The van der Waals surface area contributed by atoms with E-state index >= 15 is 0 Å². The van der Waals surface area contributed by atoms with Crippen molar-refractivity contribution in [1.82, 2.24) is 10.2 Å². The van der Waals surface area contributed by atoms with E-state index in [1.165, 1.54) is 38.5 Å². The van der Waals surface area contributed by atoms with Crippen LogP contribution < -0.4 is 5.32 Å². The number of amides is 1. The van der Waals surface area contributed by atoms with Crippen LogP contribution in [0.1, 0.15) is 52.4 Å². The minimum atomic E-state index is 0.217. The minimum Gasteiger partial charge on any atom is -0.345 e. The minimum absolute atomic E-state index is 0.217. The van der Waals surface area contributed by atoms with E-state index in [1.54, 1.807) is 0 Å². The van der Waals surface area contributed by atoms with Gasteiger partial charge in [-0.25, -0.2) is 0 Å². The standard InChI is InChI=1S/C14H28N2O/c1-12(2)15-11-14(17)16(3)10-9-13-7-5-4-6-8-13/h12-13,15H,4-11H2,1-3H3. The molecule has 0 unspecified atom stereocenters. The molecule has 3 nitrogen and oxygen atoms in total. The van der Waals surface area contributed by atoms with E-state index in [2.05, 4.69) is 19.2 Å². The number of nitrogens with zero attached hydrogens (tertiary/aromatic N) is 1. The average molecular weight is 240 g/mol. The first-order valence-corrected chi connectivity index (χ1v) is 7.07. The third-order valence-electron chi connectivity index (χ3n) is 3.68. The van der Waals surface area contributed by atoms with Crippen molar-refractivity contribution >= 4 is 5.91 Å². The zero-order valence-corrected chi connectivity index (χ0v) is 11.7. The highest BCUT2D eigenvalue weighted by Crippen LogP contribution is 2.26. The molecule has 0 aliphatic heterocycles. The molecule has 1 amide bonds. The molecule has 0 heterocycles. The summed E-state index contributed by atoms with van der Waals surface area (Å²) in [5.74, 6) is 1.08. The van der Waals surface area contributed by atoms with E-state index in [0.717, 1.165) is 12.5 Å². The Kier molecular flexibility index (Phi) is 6.56. The molecule has 1 rings (SSSR count). The van der Waals surface area contributed by atoms with E-state index < -0.39 is 0 Å². The average Bonchev–Trinajstić information content (AvgIpc) is 2.34. The van der Waals surface area contributed by atoms with Crippen LogP contribution in [0.25, 0.3) is 0 Å². The van der Waals surface area contributed by atoms with Crippen molar-refractivity contribution in [2.24, 2.45) is 5.92 Å². The molecule has 0 bridgehead atoms. The highest BCUT2D eigenvalue weighted by atomic mass is 16.2. The zero-order chi connectivity index (χ0) is 12.7. The van der Waals surface area contributed by atoms with E-state index in [1.807, 2.05) is 11.9 Å². The van der Waals surface area contributed by atoms with Crippen LogP contribution in [-0.4, -0.2) is 37.0 Å². The number of hydrogen-bond acceptors (Lipinski definition) is 2. The fraction of sp³-hybridized carbons (Fsp3) is 0.929. The van der Waals surface area contributed by atoms with Crippen LogP contribution in [0, 0.1) is 5.92 Å². The summed E-state index contributed by atoms with van der Waals surface area (Å²) in [6.45, 7) is 5.52. The van der Waals surface area contributed by atoms with Crippen molar-refractivity contribution in [1.29, 1.82) is 0 Å². The first-order chi connectivity index (χ1) is 8.09. The maximum absolute atomic E-state index is 11.8. The number of carbonyl (C=O) groups is 1. The topological polar surface area (TPSA) is 32.3 Å². The van der Waals surface area contributed by atoms with Gasteiger partial charge in [-0.05, 0) is 12.3 Å². The summed E-state index contributed by atoms with van der Waals surface area (Å²) in [5, 5.41) is 3.17.